The summed E-state index contributed by atoms with van der Waals surface area (Å²) in [6.45, 7) is 11.4. The van der Waals surface area contributed by atoms with Crippen LogP contribution in [0, 0.1) is 13.8 Å². The van der Waals surface area contributed by atoms with Gasteiger partial charge in [0.25, 0.3) is 0 Å². The molecule has 0 spiro atoms. The van der Waals surface area contributed by atoms with Crippen molar-refractivity contribution in [3.05, 3.63) is 47.3 Å². The summed E-state index contributed by atoms with van der Waals surface area (Å²) in [6, 6.07) is 10.7. The Kier molecular flexibility index (Phi) is 13.6. The van der Waals surface area contributed by atoms with E-state index in [0.717, 1.165) is 8.19 Å². The van der Waals surface area contributed by atoms with Gasteiger partial charge in [-0.1, -0.05) is 30.3 Å². The number of unbranched alkanes of at least 4 members (excludes halogenated alkanes) is 3. The Bertz CT molecular complexity index is 554. The van der Waals surface area contributed by atoms with Crippen LogP contribution in [0.4, 0.5) is 0 Å². The Hall–Kier alpha value is -0.201. The molecule has 1 heterocycles. The first-order valence-electron chi connectivity index (χ1n) is 10.7. The maximum Gasteiger partial charge on any atom is 0.00136 e. The number of hydrogen-bond acceptors (Lipinski definition) is 0. The van der Waals surface area contributed by atoms with Gasteiger partial charge in [0.15, 0.2) is 0 Å². The molecule has 0 N–H and O–H groups in total. The van der Waals surface area contributed by atoms with E-state index in [1.807, 2.05) is 0 Å². The molecular formula is C24H40PSn. The summed E-state index contributed by atoms with van der Waals surface area (Å²) in [7, 11) is 0.855. The van der Waals surface area contributed by atoms with Gasteiger partial charge in [0, 0.05) is 5.30 Å². The second-order valence-electron chi connectivity index (χ2n) is 7.40. The third-order valence-electron chi connectivity index (χ3n) is 5.11. The van der Waals surface area contributed by atoms with Crippen molar-refractivity contribution in [3.8, 4) is 10.9 Å². The van der Waals surface area contributed by atoms with Crippen LogP contribution in [0.15, 0.2) is 36.1 Å². The predicted molar refractivity (Wildman–Crippen MR) is 126 cm³/mol. The van der Waals surface area contributed by atoms with Crippen LogP contribution in [-0.4, -0.2) is 19.8 Å². The predicted octanol–water partition coefficient (Wildman–Crippen LogP) is 8.88. The smallest absolute Gasteiger partial charge is 0.00136 e. The fraction of sp³-hybridized carbons (Fsp3) is 0.583. The van der Waals surface area contributed by atoms with Crippen molar-refractivity contribution >= 4 is 28.0 Å². The van der Waals surface area contributed by atoms with Crippen molar-refractivity contribution in [1.29, 1.82) is 0 Å². The fourth-order valence-corrected chi connectivity index (χ4v) is 13.9. The van der Waals surface area contributed by atoms with Crippen molar-refractivity contribution < 1.29 is 0 Å². The molecule has 1 aromatic carbocycles. The van der Waals surface area contributed by atoms with Crippen molar-refractivity contribution in [2.45, 2.75) is 86.5 Å². The number of benzene rings is 1. The second-order valence-corrected chi connectivity index (χ2v) is 17.0. The van der Waals surface area contributed by atoms with Crippen LogP contribution in [0.5, 0.6) is 0 Å². The molecule has 145 valence electrons. The van der Waals surface area contributed by atoms with Crippen molar-refractivity contribution in [1.82, 2.24) is 0 Å². The Morgan fingerprint density at radius 3 is 1.65 bits per heavy atom. The van der Waals surface area contributed by atoms with E-state index < -0.39 is 19.8 Å². The quantitative estimate of drug-likeness (QED) is 0.299. The van der Waals surface area contributed by atoms with Crippen LogP contribution in [0.2, 0.25) is 13.3 Å². The molecule has 1 unspecified atom stereocenters. The molecule has 0 saturated carbocycles. The Morgan fingerprint density at radius 2 is 1.27 bits per heavy atom. The van der Waals surface area contributed by atoms with E-state index in [0.29, 0.717) is 0 Å². The maximum atomic E-state index is 2.33. The molecule has 0 aliphatic rings. The summed E-state index contributed by atoms with van der Waals surface area (Å²) < 4.78 is 5.04. The number of aryl methyl sites for hydroxylation is 1. The van der Waals surface area contributed by atoms with E-state index in [2.05, 4.69) is 70.7 Å². The SMILES string of the molecule is CCC[CH2][Sn]([CH2]CCC)[CH2]CCC.Cc1c[pH]c(-c2ccccc2)c1C. The molecular weight excluding hydrogens is 438 g/mol. The molecule has 1 radical (unpaired) electrons. The first-order valence-corrected chi connectivity index (χ1v) is 17.8. The molecule has 0 aliphatic carbocycles. The minimum Gasteiger partial charge on any atom is -0.131 e. The molecule has 0 saturated heterocycles. The van der Waals surface area contributed by atoms with Gasteiger partial charge in [0.1, 0.15) is 0 Å². The molecule has 2 rings (SSSR count). The van der Waals surface area contributed by atoms with Crippen LogP contribution in [0.25, 0.3) is 10.9 Å². The van der Waals surface area contributed by atoms with E-state index in [9.17, 15) is 0 Å². The average Bonchev–Trinajstić information content (AvgIpc) is 3.01. The molecule has 0 nitrogen and oxygen atoms in total. The molecule has 26 heavy (non-hydrogen) atoms. The van der Waals surface area contributed by atoms with Crippen LogP contribution in [0.1, 0.15) is 70.4 Å². The van der Waals surface area contributed by atoms with Gasteiger partial charge in [0.2, 0.25) is 0 Å². The van der Waals surface area contributed by atoms with Gasteiger partial charge < -0.3 is 0 Å². The van der Waals surface area contributed by atoms with Crippen molar-refractivity contribution in [2.75, 3.05) is 0 Å². The van der Waals surface area contributed by atoms with Gasteiger partial charge in [-0.25, -0.2) is 0 Å². The van der Waals surface area contributed by atoms with Crippen LogP contribution in [0.3, 0.4) is 0 Å². The normalized spacial score (nSPS) is 11.0. The molecule has 0 aliphatic heterocycles. The van der Waals surface area contributed by atoms with E-state index in [4.69, 9.17) is 0 Å². The van der Waals surface area contributed by atoms with E-state index in [-0.39, 0.29) is 0 Å². The zero-order valence-corrected chi connectivity index (χ0v) is 21.7. The standard InChI is InChI=1S/C12H13P.3C4H9.Sn/c1-9-8-13-12(10(9)2)11-6-4-3-5-7-11;3*1-3-4-2;/h3-8,13H,1-2H3;3*1,3-4H2,2H3;. The molecule has 0 bridgehead atoms. The topological polar surface area (TPSA) is 0 Å². The minimum absolute atomic E-state index is 0.839. The average molecular weight is 478 g/mol. The molecule has 2 heteroatoms. The zero-order valence-electron chi connectivity index (χ0n) is 17.8. The van der Waals surface area contributed by atoms with E-state index in [1.54, 1.807) is 13.3 Å². The van der Waals surface area contributed by atoms with Crippen LogP contribution >= 0.6 is 8.19 Å². The third-order valence-corrected chi connectivity index (χ3v) is 15.7. The zero-order chi connectivity index (χ0) is 19.2. The first kappa shape index (κ1) is 23.8. The van der Waals surface area contributed by atoms with Gasteiger partial charge in [-0.05, 0) is 36.3 Å². The largest absolute Gasteiger partial charge is 0.131 e. The number of hydrogen-bond donors (Lipinski definition) is 0. The Labute approximate surface area is 172 Å². The molecule has 0 fully saturated rings. The van der Waals surface area contributed by atoms with Gasteiger partial charge in [-0.3, -0.25) is 0 Å². The number of rotatable bonds is 10. The van der Waals surface area contributed by atoms with Crippen LogP contribution < -0.4 is 0 Å². The van der Waals surface area contributed by atoms with E-state index >= 15 is 0 Å². The van der Waals surface area contributed by atoms with Gasteiger partial charge >= 0.3 is 92.4 Å². The van der Waals surface area contributed by atoms with E-state index in [1.165, 1.54) is 60.5 Å². The van der Waals surface area contributed by atoms with Crippen LogP contribution in [-0.2, 0) is 0 Å². The van der Waals surface area contributed by atoms with Gasteiger partial charge in [-0.2, -0.15) is 0 Å². The van der Waals surface area contributed by atoms with Crippen molar-refractivity contribution in [2.24, 2.45) is 0 Å². The Morgan fingerprint density at radius 1 is 0.769 bits per heavy atom. The molecule has 1 atom stereocenters. The summed E-state index contributed by atoms with van der Waals surface area (Å²) in [5, 5.41) is 1.51. The summed E-state index contributed by atoms with van der Waals surface area (Å²) in [6.07, 6.45) is 8.85. The summed E-state index contributed by atoms with van der Waals surface area (Å²) in [5.74, 6) is 2.33. The first-order chi connectivity index (χ1) is 12.6. The molecule has 1 aromatic heterocycles. The maximum absolute atomic E-state index is 2.33. The monoisotopic (exact) mass is 479 g/mol. The minimum atomic E-state index is -0.839. The second kappa shape index (κ2) is 14.8. The summed E-state index contributed by atoms with van der Waals surface area (Å²) in [5.41, 5.74) is 4.29. The van der Waals surface area contributed by atoms with Gasteiger partial charge in [-0.15, -0.1) is 8.19 Å². The Balaban J connectivity index is 0.000000260. The fourth-order valence-electron chi connectivity index (χ4n) is 3.15. The third kappa shape index (κ3) is 9.13. The van der Waals surface area contributed by atoms with Crippen molar-refractivity contribution in [3.63, 3.8) is 0 Å². The summed E-state index contributed by atoms with van der Waals surface area (Å²) >= 11 is -0.839. The van der Waals surface area contributed by atoms with Gasteiger partial charge in [0.05, 0.1) is 0 Å². The molecule has 2 aromatic rings. The summed E-state index contributed by atoms with van der Waals surface area (Å²) in [4.78, 5) is 0. The molecule has 0 amide bonds.